The molecule has 3 heteroatoms. The van der Waals surface area contributed by atoms with Crippen molar-refractivity contribution >= 4 is 23.1 Å². The Balaban J connectivity index is 2.63. The number of hydrogen-bond donors (Lipinski definition) is 0. The third-order valence-electron chi connectivity index (χ3n) is 2.29. The molecule has 0 aliphatic carbocycles. The lowest BCUT2D eigenvalue weighted by atomic mass is 10.1. The summed E-state index contributed by atoms with van der Waals surface area (Å²) in [4.78, 5) is 13.8. The minimum Gasteiger partial charge on any atom is -0.304 e. The third-order valence-corrected chi connectivity index (χ3v) is 2.69. The van der Waals surface area contributed by atoms with E-state index in [9.17, 15) is 4.79 Å². The molecule has 1 aliphatic rings. The van der Waals surface area contributed by atoms with Gasteiger partial charge in [0.1, 0.15) is 0 Å². The highest BCUT2D eigenvalue weighted by atomic mass is 32.1. The molecule has 1 saturated heterocycles. The van der Waals surface area contributed by atoms with E-state index in [1.165, 1.54) is 0 Å². The topological polar surface area (TPSA) is 20.3 Å². The van der Waals surface area contributed by atoms with E-state index in [-0.39, 0.29) is 5.91 Å². The maximum atomic E-state index is 11.2. The second kappa shape index (κ2) is 3.99. The Labute approximate surface area is 78.9 Å². The van der Waals surface area contributed by atoms with Gasteiger partial charge >= 0.3 is 0 Å². The Hall–Kier alpha value is -0.440. The van der Waals surface area contributed by atoms with Gasteiger partial charge in [-0.2, -0.15) is 0 Å². The molecule has 0 bridgehead atoms. The smallest absolute Gasteiger partial charge is 0.224 e. The van der Waals surface area contributed by atoms with Gasteiger partial charge in [0.15, 0.2) is 0 Å². The lowest BCUT2D eigenvalue weighted by molar-refractivity contribution is -0.126. The summed E-state index contributed by atoms with van der Waals surface area (Å²) < 4.78 is 0. The zero-order valence-electron chi connectivity index (χ0n) is 7.67. The third kappa shape index (κ3) is 1.83. The minimum atomic E-state index is 0.107. The van der Waals surface area contributed by atoms with Crippen LogP contribution in [0.3, 0.4) is 0 Å². The van der Waals surface area contributed by atoms with Crippen LogP contribution in [0.4, 0.5) is 0 Å². The van der Waals surface area contributed by atoms with E-state index >= 15 is 0 Å². The summed E-state index contributed by atoms with van der Waals surface area (Å²) in [6, 6.07) is 0.389. The molecule has 1 rings (SSSR count). The molecule has 68 valence electrons. The Morgan fingerprint density at radius 2 is 2.42 bits per heavy atom. The molecular formula is C9H15NOS. The first kappa shape index (κ1) is 9.65. The van der Waals surface area contributed by atoms with Crippen LogP contribution >= 0.6 is 12.2 Å². The molecule has 1 atom stereocenters. The van der Waals surface area contributed by atoms with Crippen molar-refractivity contribution in [3.8, 4) is 0 Å². The second-order valence-corrected chi connectivity index (χ2v) is 3.74. The van der Waals surface area contributed by atoms with Gasteiger partial charge in [-0.25, -0.2) is 0 Å². The van der Waals surface area contributed by atoms with Crippen LogP contribution in [0.1, 0.15) is 39.5 Å². The fourth-order valence-corrected chi connectivity index (χ4v) is 2.18. The molecule has 1 amide bonds. The molecule has 0 aromatic rings. The van der Waals surface area contributed by atoms with Gasteiger partial charge in [0.2, 0.25) is 5.91 Å². The zero-order chi connectivity index (χ0) is 9.14. The Bertz CT molecular complexity index is 203. The Kier molecular flexibility index (Phi) is 3.20. The van der Waals surface area contributed by atoms with Crippen molar-refractivity contribution in [3.63, 3.8) is 0 Å². The monoisotopic (exact) mass is 185 g/mol. The predicted molar refractivity (Wildman–Crippen MR) is 53.0 cm³/mol. The Morgan fingerprint density at radius 3 is 2.92 bits per heavy atom. The molecule has 0 radical (unpaired) electrons. The first-order chi connectivity index (χ1) is 5.66. The van der Waals surface area contributed by atoms with Gasteiger partial charge in [0.25, 0.3) is 0 Å². The van der Waals surface area contributed by atoms with E-state index in [0.29, 0.717) is 6.04 Å². The van der Waals surface area contributed by atoms with E-state index in [2.05, 4.69) is 6.92 Å². The minimum absolute atomic E-state index is 0.107. The summed E-state index contributed by atoms with van der Waals surface area (Å²) in [7, 11) is 0. The summed E-state index contributed by atoms with van der Waals surface area (Å²) in [5.74, 6) is 0.107. The summed E-state index contributed by atoms with van der Waals surface area (Å²) in [6.07, 6.45) is 4.18. The SMILES string of the molecule is CCCC1CCC(=S)N1C(C)=O. The molecular weight excluding hydrogens is 170 g/mol. The van der Waals surface area contributed by atoms with Crippen molar-refractivity contribution in [2.24, 2.45) is 0 Å². The summed E-state index contributed by atoms with van der Waals surface area (Å²) in [6.45, 7) is 3.74. The van der Waals surface area contributed by atoms with E-state index in [1.807, 2.05) is 0 Å². The highest BCUT2D eigenvalue weighted by Crippen LogP contribution is 2.23. The first-order valence-corrected chi connectivity index (χ1v) is 4.90. The lowest BCUT2D eigenvalue weighted by Crippen LogP contribution is -2.35. The number of likely N-dealkylation sites (tertiary alicyclic amines) is 1. The van der Waals surface area contributed by atoms with Gasteiger partial charge in [-0.15, -0.1) is 0 Å². The summed E-state index contributed by atoms with van der Waals surface area (Å²) in [5.41, 5.74) is 0. The molecule has 2 nitrogen and oxygen atoms in total. The molecule has 0 spiro atoms. The van der Waals surface area contributed by atoms with Gasteiger partial charge in [-0.05, 0) is 12.8 Å². The van der Waals surface area contributed by atoms with Crippen molar-refractivity contribution < 1.29 is 4.79 Å². The van der Waals surface area contributed by atoms with Crippen LogP contribution in [-0.2, 0) is 4.79 Å². The molecule has 1 unspecified atom stereocenters. The molecule has 1 fully saturated rings. The molecule has 1 aliphatic heterocycles. The number of rotatable bonds is 2. The quantitative estimate of drug-likeness (QED) is 0.614. The number of carbonyl (C=O) groups is 1. The van der Waals surface area contributed by atoms with Crippen LogP contribution in [0.25, 0.3) is 0 Å². The van der Waals surface area contributed by atoms with Crippen LogP contribution in [0.15, 0.2) is 0 Å². The molecule has 0 aromatic carbocycles. The summed E-state index contributed by atoms with van der Waals surface area (Å²) >= 11 is 5.11. The fraction of sp³-hybridized carbons (Fsp3) is 0.778. The average Bonchev–Trinajstić information content (AvgIpc) is 2.32. The van der Waals surface area contributed by atoms with Crippen molar-refractivity contribution in [2.75, 3.05) is 0 Å². The predicted octanol–water partition coefficient (Wildman–Crippen LogP) is 2.12. The fourth-order valence-electron chi connectivity index (χ4n) is 1.78. The van der Waals surface area contributed by atoms with Crippen LogP contribution in [0.2, 0.25) is 0 Å². The maximum Gasteiger partial charge on any atom is 0.224 e. The summed E-state index contributed by atoms with van der Waals surface area (Å²) in [5, 5.41) is 0. The van der Waals surface area contributed by atoms with Gasteiger partial charge in [-0.3, -0.25) is 4.79 Å². The molecule has 0 aromatic heterocycles. The van der Waals surface area contributed by atoms with Crippen molar-refractivity contribution in [1.29, 1.82) is 0 Å². The number of nitrogens with zero attached hydrogens (tertiary/aromatic N) is 1. The lowest BCUT2D eigenvalue weighted by Gasteiger charge is -2.22. The zero-order valence-corrected chi connectivity index (χ0v) is 8.49. The van der Waals surface area contributed by atoms with Gasteiger partial charge in [0.05, 0.1) is 4.99 Å². The van der Waals surface area contributed by atoms with E-state index in [0.717, 1.165) is 30.7 Å². The number of hydrogen-bond acceptors (Lipinski definition) is 2. The van der Waals surface area contributed by atoms with Crippen LogP contribution in [0, 0.1) is 0 Å². The number of thiocarbonyl (C=S) groups is 1. The van der Waals surface area contributed by atoms with Crippen molar-refractivity contribution in [3.05, 3.63) is 0 Å². The highest BCUT2D eigenvalue weighted by molar-refractivity contribution is 7.80. The number of carbonyl (C=O) groups excluding carboxylic acids is 1. The van der Waals surface area contributed by atoms with Gasteiger partial charge in [0, 0.05) is 19.4 Å². The van der Waals surface area contributed by atoms with Crippen molar-refractivity contribution in [2.45, 2.75) is 45.6 Å². The van der Waals surface area contributed by atoms with Crippen molar-refractivity contribution in [1.82, 2.24) is 4.90 Å². The van der Waals surface area contributed by atoms with E-state index in [4.69, 9.17) is 12.2 Å². The van der Waals surface area contributed by atoms with Crippen LogP contribution in [0.5, 0.6) is 0 Å². The normalized spacial score (nSPS) is 23.3. The largest absolute Gasteiger partial charge is 0.304 e. The van der Waals surface area contributed by atoms with Crippen LogP contribution in [-0.4, -0.2) is 21.8 Å². The standard InChI is InChI=1S/C9H15NOS/c1-3-4-8-5-6-9(12)10(8)7(2)11/h8H,3-6H2,1-2H3. The van der Waals surface area contributed by atoms with Gasteiger partial charge < -0.3 is 4.90 Å². The van der Waals surface area contributed by atoms with Gasteiger partial charge in [-0.1, -0.05) is 25.6 Å². The van der Waals surface area contributed by atoms with E-state index in [1.54, 1.807) is 11.8 Å². The van der Waals surface area contributed by atoms with E-state index < -0.39 is 0 Å². The first-order valence-electron chi connectivity index (χ1n) is 4.49. The highest BCUT2D eigenvalue weighted by Gasteiger charge is 2.29. The maximum absolute atomic E-state index is 11.2. The van der Waals surface area contributed by atoms with Crippen LogP contribution < -0.4 is 0 Å². The molecule has 1 heterocycles. The Morgan fingerprint density at radius 1 is 1.75 bits per heavy atom. The molecule has 12 heavy (non-hydrogen) atoms. The number of amides is 1. The molecule has 0 N–H and O–H groups in total. The average molecular weight is 185 g/mol. The second-order valence-electron chi connectivity index (χ2n) is 3.26. The molecule has 0 saturated carbocycles.